The Kier molecular flexibility index (Phi) is 7.70. The van der Waals surface area contributed by atoms with Gasteiger partial charge in [-0.15, -0.1) is 0 Å². The van der Waals surface area contributed by atoms with Crippen LogP contribution in [0.25, 0.3) is 11.1 Å². The van der Waals surface area contributed by atoms with Gasteiger partial charge in [-0.1, -0.05) is 68.8 Å². The summed E-state index contributed by atoms with van der Waals surface area (Å²) in [7, 11) is 0. The number of hydrogen-bond donors (Lipinski definition) is 3. The summed E-state index contributed by atoms with van der Waals surface area (Å²) >= 11 is 0. The molecular weight excluding hydrogens is 448 g/mol. The second-order valence-electron chi connectivity index (χ2n) is 9.30. The van der Waals surface area contributed by atoms with E-state index >= 15 is 0 Å². The van der Waals surface area contributed by atoms with Crippen molar-refractivity contribution in [2.75, 3.05) is 13.2 Å². The minimum atomic E-state index is -1.09. The quantitative estimate of drug-likeness (QED) is 0.504. The van der Waals surface area contributed by atoms with E-state index in [1.807, 2.05) is 50.2 Å². The van der Waals surface area contributed by atoms with Crippen LogP contribution in [0.5, 0.6) is 0 Å². The molecule has 0 bridgehead atoms. The number of carboxylic acids is 1. The third-order valence-corrected chi connectivity index (χ3v) is 6.95. The third kappa shape index (κ3) is 5.48. The number of ether oxygens (including phenoxy) is 2. The van der Waals surface area contributed by atoms with Crippen LogP contribution in [-0.4, -0.2) is 54.5 Å². The number of nitrogens with one attached hydrogen (secondary N) is 2. The lowest BCUT2D eigenvalue weighted by Gasteiger charge is -2.23. The zero-order chi connectivity index (χ0) is 24.9. The average molecular weight is 481 g/mol. The Morgan fingerprint density at radius 1 is 1.09 bits per heavy atom. The van der Waals surface area contributed by atoms with E-state index in [-0.39, 0.29) is 25.0 Å². The van der Waals surface area contributed by atoms with Gasteiger partial charge in [0.05, 0.1) is 6.04 Å². The van der Waals surface area contributed by atoms with Crippen molar-refractivity contribution in [3.05, 3.63) is 59.7 Å². The Morgan fingerprint density at radius 3 is 2.31 bits per heavy atom. The van der Waals surface area contributed by atoms with Gasteiger partial charge < -0.3 is 25.2 Å². The number of amides is 2. The van der Waals surface area contributed by atoms with Crippen LogP contribution >= 0.6 is 0 Å². The first-order valence-electron chi connectivity index (χ1n) is 12.1. The molecule has 1 saturated heterocycles. The molecule has 8 heteroatoms. The van der Waals surface area contributed by atoms with Gasteiger partial charge in [0.15, 0.2) is 6.10 Å². The molecule has 35 heavy (non-hydrogen) atoms. The average Bonchev–Trinajstić information content (AvgIpc) is 3.44. The Bertz CT molecular complexity index is 1040. The van der Waals surface area contributed by atoms with Gasteiger partial charge in [-0.25, -0.2) is 9.59 Å². The van der Waals surface area contributed by atoms with Crippen LogP contribution in [0.1, 0.15) is 50.2 Å². The Morgan fingerprint density at radius 2 is 1.71 bits per heavy atom. The molecule has 3 N–H and O–H groups in total. The first-order chi connectivity index (χ1) is 16.9. The van der Waals surface area contributed by atoms with Gasteiger partial charge in [0.25, 0.3) is 5.91 Å². The summed E-state index contributed by atoms with van der Waals surface area (Å²) in [4.78, 5) is 37.0. The fourth-order valence-corrected chi connectivity index (χ4v) is 4.83. The molecule has 0 spiro atoms. The summed E-state index contributed by atoms with van der Waals surface area (Å²) in [5.74, 6) is -1.54. The zero-order valence-electron chi connectivity index (χ0n) is 20.0. The predicted octanol–water partition coefficient (Wildman–Crippen LogP) is 3.69. The summed E-state index contributed by atoms with van der Waals surface area (Å²) < 4.78 is 11.1. The lowest BCUT2D eigenvalue weighted by Crippen LogP contribution is -2.52. The second kappa shape index (κ2) is 10.9. The highest BCUT2D eigenvalue weighted by Gasteiger charge is 2.38. The molecule has 4 atom stereocenters. The zero-order valence-corrected chi connectivity index (χ0v) is 20.0. The molecule has 2 aromatic carbocycles. The number of carbonyl (C=O) groups excluding carboxylic acids is 2. The van der Waals surface area contributed by atoms with Gasteiger partial charge >= 0.3 is 12.1 Å². The van der Waals surface area contributed by atoms with Crippen molar-refractivity contribution in [3.63, 3.8) is 0 Å². The fourth-order valence-electron chi connectivity index (χ4n) is 4.83. The van der Waals surface area contributed by atoms with Gasteiger partial charge in [0.1, 0.15) is 12.6 Å². The highest BCUT2D eigenvalue weighted by Crippen LogP contribution is 2.44. The van der Waals surface area contributed by atoms with Crippen LogP contribution in [0.15, 0.2) is 48.5 Å². The van der Waals surface area contributed by atoms with Crippen LogP contribution in [0.3, 0.4) is 0 Å². The number of alkyl carbamates (subject to hydrolysis) is 1. The van der Waals surface area contributed by atoms with Crippen LogP contribution in [0.2, 0.25) is 0 Å². The maximum Gasteiger partial charge on any atom is 0.407 e. The van der Waals surface area contributed by atoms with Crippen LogP contribution < -0.4 is 10.6 Å². The Hall–Kier alpha value is -3.39. The molecule has 186 valence electrons. The molecule has 0 saturated carbocycles. The van der Waals surface area contributed by atoms with Gasteiger partial charge in [-0.3, -0.25) is 4.79 Å². The summed E-state index contributed by atoms with van der Waals surface area (Å²) in [5, 5.41) is 14.8. The van der Waals surface area contributed by atoms with Crippen LogP contribution in [0.4, 0.5) is 4.79 Å². The lowest BCUT2D eigenvalue weighted by molar-refractivity contribution is -0.144. The lowest BCUT2D eigenvalue weighted by atomic mass is 9.98. The molecule has 1 fully saturated rings. The number of aliphatic carboxylic acids is 1. The van der Waals surface area contributed by atoms with Crippen LogP contribution in [-0.2, 0) is 19.1 Å². The molecule has 8 nitrogen and oxygen atoms in total. The first-order valence-corrected chi connectivity index (χ1v) is 12.1. The highest BCUT2D eigenvalue weighted by atomic mass is 16.6. The van der Waals surface area contributed by atoms with Crippen molar-refractivity contribution in [1.82, 2.24) is 10.6 Å². The monoisotopic (exact) mass is 480 g/mol. The Balaban J connectivity index is 1.35. The SMILES string of the molecule is CCC(C)CC(NC(=O)[C@@H]1OCC[C@@H]1NC(=O)OCC1c2ccccc2-c2ccccc21)C(=O)O. The van der Waals surface area contributed by atoms with Crippen molar-refractivity contribution in [3.8, 4) is 11.1 Å². The fraction of sp³-hybridized carbons (Fsp3) is 0.444. The summed E-state index contributed by atoms with van der Waals surface area (Å²) in [6.45, 7) is 4.37. The molecule has 1 aliphatic carbocycles. The van der Waals surface area contributed by atoms with Crippen molar-refractivity contribution in [1.29, 1.82) is 0 Å². The molecule has 1 aliphatic heterocycles. The number of benzene rings is 2. The van der Waals surface area contributed by atoms with Crippen molar-refractivity contribution >= 4 is 18.0 Å². The predicted molar refractivity (Wildman–Crippen MR) is 130 cm³/mol. The van der Waals surface area contributed by atoms with Crippen molar-refractivity contribution in [2.45, 2.75) is 57.2 Å². The number of carbonyl (C=O) groups is 3. The topological polar surface area (TPSA) is 114 Å². The summed E-state index contributed by atoms with van der Waals surface area (Å²) in [6, 6.07) is 14.6. The van der Waals surface area contributed by atoms with E-state index in [4.69, 9.17) is 9.47 Å². The largest absolute Gasteiger partial charge is 0.480 e. The number of rotatable bonds is 9. The van der Waals surface area contributed by atoms with E-state index in [0.717, 1.165) is 28.7 Å². The van der Waals surface area contributed by atoms with E-state index in [1.165, 1.54) is 0 Å². The molecule has 1 heterocycles. The molecule has 2 aromatic rings. The maximum atomic E-state index is 12.8. The van der Waals surface area contributed by atoms with Crippen molar-refractivity contribution in [2.24, 2.45) is 5.92 Å². The summed E-state index contributed by atoms with van der Waals surface area (Å²) in [6.07, 6.45) is -0.0186. The summed E-state index contributed by atoms with van der Waals surface area (Å²) in [5.41, 5.74) is 4.51. The second-order valence-corrected chi connectivity index (χ2v) is 9.30. The van der Waals surface area contributed by atoms with Gasteiger partial charge in [-0.2, -0.15) is 0 Å². The van der Waals surface area contributed by atoms with E-state index < -0.39 is 36.2 Å². The highest BCUT2D eigenvalue weighted by molar-refractivity contribution is 5.87. The molecule has 4 rings (SSSR count). The van der Waals surface area contributed by atoms with Gasteiger partial charge in [0, 0.05) is 12.5 Å². The number of hydrogen-bond acceptors (Lipinski definition) is 5. The normalized spacial score (nSPS) is 20.4. The first kappa shape index (κ1) is 24.7. The molecule has 0 radical (unpaired) electrons. The van der Waals surface area contributed by atoms with E-state index in [2.05, 4.69) is 22.8 Å². The van der Waals surface area contributed by atoms with E-state index in [0.29, 0.717) is 12.8 Å². The Labute approximate surface area is 205 Å². The molecule has 2 unspecified atom stereocenters. The third-order valence-electron chi connectivity index (χ3n) is 6.95. The number of fused-ring (bicyclic) bond motifs is 3. The smallest absolute Gasteiger partial charge is 0.407 e. The van der Waals surface area contributed by atoms with Crippen molar-refractivity contribution < 1.29 is 29.0 Å². The molecule has 2 aliphatic rings. The maximum absolute atomic E-state index is 12.8. The molecule has 0 aromatic heterocycles. The minimum Gasteiger partial charge on any atom is -0.480 e. The number of carboxylic acid groups (broad SMARTS) is 1. The standard InChI is InChI=1S/C27H32N2O6/c1-3-16(2)14-23(26(31)32)28-25(30)24-22(12-13-34-24)29-27(33)35-15-21-19-10-6-4-8-17(19)18-9-5-7-11-20(18)21/h4-11,16,21-24H,3,12-15H2,1-2H3,(H,28,30)(H,29,33)(H,31,32)/t16?,22-,23?,24+/m0/s1. The minimum absolute atomic E-state index is 0.0658. The van der Waals surface area contributed by atoms with E-state index in [1.54, 1.807) is 0 Å². The van der Waals surface area contributed by atoms with E-state index in [9.17, 15) is 19.5 Å². The van der Waals surface area contributed by atoms with Crippen LogP contribution in [0, 0.1) is 5.92 Å². The molecule has 2 amide bonds. The molecular formula is C27H32N2O6. The van der Waals surface area contributed by atoms with Gasteiger partial charge in [-0.05, 0) is 41.0 Å². The van der Waals surface area contributed by atoms with Gasteiger partial charge in [0.2, 0.25) is 0 Å².